The largest absolute Gasteiger partial charge is 0.394 e. The van der Waals surface area contributed by atoms with Crippen LogP contribution in [0.3, 0.4) is 0 Å². The maximum atomic E-state index is 9.98. The van der Waals surface area contributed by atoms with Gasteiger partial charge in [-0.3, -0.25) is 0 Å². The van der Waals surface area contributed by atoms with Gasteiger partial charge in [0.2, 0.25) is 0 Å². The molecule has 2 saturated heterocycles. The first-order valence-corrected chi connectivity index (χ1v) is 7.54. The molecule has 11 nitrogen and oxygen atoms in total. The highest BCUT2D eigenvalue weighted by molar-refractivity contribution is 4.91. The molecule has 2 rings (SSSR count). The Bertz CT molecular complexity index is 392. The molecule has 0 saturated carbocycles. The molecule has 0 aromatic heterocycles. The lowest BCUT2D eigenvalue weighted by Crippen LogP contribution is -2.60. The normalized spacial score (nSPS) is 50.0. The summed E-state index contributed by atoms with van der Waals surface area (Å²) in [6.07, 6.45) is -13.1. The van der Waals surface area contributed by atoms with Crippen molar-refractivity contribution in [2.24, 2.45) is 5.92 Å². The predicted octanol–water partition coefficient (Wildman–Crippen LogP) is -5.15. The lowest BCUT2D eigenvalue weighted by molar-refractivity contribution is -0.319. The maximum absolute atomic E-state index is 9.98. The first kappa shape index (κ1) is 19.9. The molecule has 2 aliphatic rings. The summed E-state index contributed by atoms with van der Waals surface area (Å²) in [7, 11) is 0. The molecule has 0 spiro atoms. The third kappa shape index (κ3) is 3.86. The number of hydrogen-bond donors (Lipinski definition) is 8. The Balaban J connectivity index is 2.00. The number of hydrogen-bond acceptors (Lipinski definition) is 11. The van der Waals surface area contributed by atoms with Crippen molar-refractivity contribution in [2.75, 3.05) is 19.8 Å². The van der Waals surface area contributed by atoms with Gasteiger partial charge in [-0.15, -0.1) is 0 Å². The molecule has 0 unspecified atom stereocenters. The highest BCUT2D eigenvalue weighted by Crippen LogP contribution is 2.28. The molecule has 142 valence electrons. The molecule has 10 atom stereocenters. The van der Waals surface area contributed by atoms with E-state index in [2.05, 4.69) is 0 Å². The molecule has 0 aromatic carbocycles. The minimum absolute atomic E-state index is 0.362. The van der Waals surface area contributed by atoms with Crippen molar-refractivity contribution in [3.63, 3.8) is 0 Å². The molecule has 2 heterocycles. The van der Waals surface area contributed by atoms with Crippen LogP contribution in [0.15, 0.2) is 0 Å². The van der Waals surface area contributed by atoms with Crippen LogP contribution in [0.5, 0.6) is 0 Å². The fourth-order valence-corrected chi connectivity index (χ4v) is 2.80. The summed E-state index contributed by atoms with van der Waals surface area (Å²) in [6.45, 7) is -1.55. The van der Waals surface area contributed by atoms with Gasteiger partial charge in [0, 0.05) is 5.92 Å². The van der Waals surface area contributed by atoms with E-state index >= 15 is 0 Å². The molecule has 2 fully saturated rings. The monoisotopic (exact) mass is 356 g/mol. The molecule has 0 aromatic rings. The molecule has 11 heteroatoms. The van der Waals surface area contributed by atoms with E-state index in [1.54, 1.807) is 0 Å². The van der Waals surface area contributed by atoms with E-state index in [9.17, 15) is 35.7 Å². The van der Waals surface area contributed by atoms with Gasteiger partial charge in [-0.25, -0.2) is 0 Å². The Morgan fingerprint density at radius 3 is 1.88 bits per heavy atom. The van der Waals surface area contributed by atoms with E-state index in [-0.39, 0.29) is 6.61 Å². The van der Waals surface area contributed by atoms with Crippen LogP contribution in [0.25, 0.3) is 0 Å². The van der Waals surface area contributed by atoms with Gasteiger partial charge >= 0.3 is 0 Å². The van der Waals surface area contributed by atoms with Crippen LogP contribution in [0.4, 0.5) is 0 Å². The third-order valence-electron chi connectivity index (χ3n) is 4.35. The van der Waals surface area contributed by atoms with E-state index < -0.39 is 74.4 Å². The summed E-state index contributed by atoms with van der Waals surface area (Å²) in [4.78, 5) is 0. The Kier molecular flexibility index (Phi) is 6.87. The topological polar surface area (TPSA) is 190 Å². The highest BCUT2D eigenvalue weighted by Gasteiger charge is 2.47. The Morgan fingerprint density at radius 2 is 1.29 bits per heavy atom. The minimum atomic E-state index is -1.67. The van der Waals surface area contributed by atoms with Gasteiger partial charge in [0.05, 0.1) is 32.0 Å². The highest BCUT2D eigenvalue weighted by atomic mass is 16.7. The van der Waals surface area contributed by atoms with E-state index in [1.807, 2.05) is 0 Å². The second kappa shape index (κ2) is 8.29. The molecular formula is C13H24O11. The molecule has 2 aliphatic heterocycles. The van der Waals surface area contributed by atoms with Crippen LogP contribution in [0, 0.1) is 5.92 Å². The fourth-order valence-electron chi connectivity index (χ4n) is 2.80. The zero-order chi connectivity index (χ0) is 18.0. The Morgan fingerprint density at radius 1 is 0.667 bits per heavy atom. The first-order chi connectivity index (χ1) is 11.3. The van der Waals surface area contributed by atoms with Crippen LogP contribution in [0.1, 0.15) is 0 Å². The van der Waals surface area contributed by atoms with Crippen LogP contribution >= 0.6 is 0 Å². The van der Waals surface area contributed by atoms with Crippen LogP contribution in [0.2, 0.25) is 0 Å². The summed E-state index contributed by atoms with van der Waals surface area (Å²) in [5.74, 6) is -0.958. The summed E-state index contributed by atoms with van der Waals surface area (Å²) >= 11 is 0. The smallest absolute Gasteiger partial charge is 0.186 e. The van der Waals surface area contributed by atoms with Gasteiger partial charge in [-0.2, -0.15) is 0 Å². The van der Waals surface area contributed by atoms with Crippen molar-refractivity contribution in [2.45, 2.75) is 55.3 Å². The second-order valence-electron chi connectivity index (χ2n) is 5.92. The van der Waals surface area contributed by atoms with Gasteiger partial charge in [-0.1, -0.05) is 0 Å². The molecular weight excluding hydrogens is 332 g/mol. The summed E-state index contributed by atoms with van der Waals surface area (Å²) in [6, 6.07) is 0. The molecule has 0 amide bonds. The molecule has 0 bridgehead atoms. The Hall–Kier alpha value is -0.440. The number of aliphatic hydroxyl groups excluding tert-OH is 8. The number of rotatable bonds is 5. The SMILES string of the molecule is OC[C@H]1O[C@H](OC[C@@H]2[C@H](O)[C@@H](O)[C@H](O)O[C@@H]2CO)[C@H](O)[C@@H](O)[C@@H]1O. The predicted molar refractivity (Wildman–Crippen MR) is 73.2 cm³/mol. The Labute approximate surface area is 137 Å². The van der Waals surface area contributed by atoms with Crippen molar-refractivity contribution in [3.05, 3.63) is 0 Å². The molecule has 0 aliphatic carbocycles. The van der Waals surface area contributed by atoms with Crippen molar-refractivity contribution < 1.29 is 55.1 Å². The van der Waals surface area contributed by atoms with Gasteiger partial charge in [-0.05, 0) is 0 Å². The molecule has 8 N–H and O–H groups in total. The fraction of sp³-hybridized carbons (Fsp3) is 1.00. The number of aliphatic hydroxyl groups is 8. The molecule has 24 heavy (non-hydrogen) atoms. The second-order valence-corrected chi connectivity index (χ2v) is 5.92. The summed E-state index contributed by atoms with van der Waals surface area (Å²) in [5, 5.41) is 76.6. The lowest BCUT2D eigenvalue weighted by Gasteiger charge is -2.43. The van der Waals surface area contributed by atoms with Crippen molar-refractivity contribution in [1.82, 2.24) is 0 Å². The van der Waals surface area contributed by atoms with Gasteiger partial charge in [0.15, 0.2) is 12.6 Å². The van der Waals surface area contributed by atoms with Crippen LogP contribution in [-0.2, 0) is 14.2 Å². The maximum Gasteiger partial charge on any atom is 0.186 e. The van der Waals surface area contributed by atoms with Crippen molar-refractivity contribution in [1.29, 1.82) is 0 Å². The van der Waals surface area contributed by atoms with Gasteiger partial charge in [0.25, 0.3) is 0 Å². The van der Waals surface area contributed by atoms with Crippen molar-refractivity contribution in [3.8, 4) is 0 Å². The summed E-state index contributed by atoms with van der Waals surface area (Å²) < 4.78 is 15.4. The van der Waals surface area contributed by atoms with Gasteiger partial charge in [0.1, 0.15) is 30.5 Å². The standard InChI is InChI=1S/C13H24O11/c14-1-5-4(7(16)10(19)12(21)23-5)3-22-13-11(20)9(18)8(17)6(2-15)24-13/h4-21H,1-3H2/t4-,5+,6+,7-,8+,9-,10+,11+,12+,13-/m0/s1. The number of ether oxygens (including phenoxy) is 3. The quantitative estimate of drug-likeness (QED) is 0.235. The zero-order valence-electron chi connectivity index (χ0n) is 12.7. The van der Waals surface area contributed by atoms with E-state index in [0.29, 0.717) is 0 Å². The zero-order valence-corrected chi connectivity index (χ0v) is 12.7. The first-order valence-electron chi connectivity index (χ1n) is 7.54. The lowest BCUT2D eigenvalue weighted by atomic mass is 9.90. The van der Waals surface area contributed by atoms with Gasteiger partial charge < -0.3 is 55.1 Å². The van der Waals surface area contributed by atoms with Crippen LogP contribution in [-0.4, -0.2) is 116 Å². The van der Waals surface area contributed by atoms with Crippen molar-refractivity contribution >= 4 is 0 Å². The van der Waals surface area contributed by atoms with Crippen LogP contribution < -0.4 is 0 Å². The minimum Gasteiger partial charge on any atom is -0.394 e. The van der Waals surface area contributed by atoms with E-state index in [1.165, 1.54) is 0 Å². The molecule has 0 radical (unpaired) electrons. The van der Waals surface area contributed by atoms with E-state index in [0.717, 1.165) is 0 Å². The third-order valence-corrected chi connectivity index (χ3v) is 4.35. The average molecular weight is 356 g/mol. The summed E-state index contributed by atoms with van der Waals surface area (Å²) in [5.41, 5.74) is 0. The van der Waals surface area contributed by atoms with E-state index in [4.69, 9.17) is 19.3 Å². The average Bonchev–Trinajstić information content (AvgIpc) is 2.58.